The Hall–Kier alpha value is -1.69. The number of nitrogens with zero attached hydrogens (tertiary/aromatic N) is 2. The molecular weight excluding hydrogens is 284 g/mol. The van der Waals surface area contributed by atoms with E-state index in [0.717, 1.165) is 6.07 Å². The summed E-state index contributed by atoms with van der Waals surface area (Å²) in [5.41, 5.74) is 0.643. The number of aromatic nitrogens is 2. The van der Waals surface area contributed by atoms with Crippen LogP contribution in [0.2, 0.25) is 5.15 Å². The molecular formula is C12H7ClF4N2. The summed E-state index contributed by atoms with van der Waals surface area (Å²) >= 11 is 5.55. The molecule has 1 aromatic heterocycles. The van der Waals surface area contributed by atoms with Crippen molar-refractivity contribution < 1.29 is 17.6 Å². The smallest absolute Gasteiger partial charge is 0.224 e. The standard InChI is InChI=1S/C12H7ClF4N2/c1-6-4-7(2-3-8(6)14)9-5-10(13)19-11(18-9)12(15,16)17/h2-5H,1H3. The predicted octanol–water partition coefficient (Wildman–Crippen LogP) is 4.26. The highest BCUT2D eigenvalue weighted by Crippen LogP contribution is 2.30. The lowest BCUT2D eigenvalue weighted by atomic mass is 10.1. The van der Waals surface area contributed by atoms with E-state index in [1.807, 2.05) is 0 Å². The van der Waals surface area contributed by atoms with E-state index in [1.165, 1.54) is 25.1 Å². The van der Waals surface area contributed by atoms with E-state index < -0.39 is 17.8 Å². The number of benzene rings is 1. The molecule has 0 aliphatic heterocycles. The Labute approximate surface area is 111 Å². The second kappa shape index (κ2) is 4.77. The van der Waals surface area contributed by atoms with Gasteiger partial charge in [0, 0.05) is 11.6 Å². The zero-order valence-electron chi connectivity index (χ0n) is 9.59. The van der Waals surface area contributed by atoms with Crippen LogP contribution in [0.5, 0.6) is 0 Å². The molecule has 7 heteroatoms. The topological polar surface area (TPSA) is 25.8 Å². The molecule has 0 saturated heterocycles. The Kier molecular flexibility index (Phi) is 3.45. The van der Waals surface area contributed by atoms with Gasteiger partial charge in [0.15, 0.2) is 0 Å². The van der Waals surface area contributed by atoms with Crippen LogP contribution < -0.4 is 0 Å². The van der Waals surface area contributed by atoms with Crippen LogP contribution in [0.15, 0.2) is 24.3 Å². The van der Waals surface area contributed by atoms with Gasteiger partial charge in [0.25, 0.3) is 0 Å². The van der Waals surface area contributed by atoms with Gasteiger partial charge in [0.05, 0.1) is 5.69 Å². The summed E-state index contributed by atoms with van der Waals surface area (Å²) in [6.45, 7) is 1.51. The molecule has 0 fully saturated rings. The fourth-order valence-electron chi connectivity index (χ4n) is 1.50. The fraction of sp³-hybridized carbons (Fsp3) is 0.167. The Bertz CT molecular complexity index is 626. The summed E-state index contributed by atoms with van der Waals surface area (Å²) in [5, 5.41) is -0.320. The van der Waals surface area contributed by atoms with E-state index in [1.54, 1.807) is 0 Å². The van der Waals surface area contributed by atoms with E-state index in [4.69, 9.17) is 11.6 Å². The first-order valence-corrected chi connectivity index (χ1v) is 5.53. The maximum atomic E-state index is 13.1. The third kappa shape index (κ3) is 3.01. The van der Waals surface area contributed by atoms with Gasteiger partial charge in [-0.3, -0.25) is 0 Å². The van der Waals surface area contributed by atoms with Gasteiger partial charge in [-0.2, -0.15) is 13.2 Å². The average Bonchev–Trinajstić information content (AvgIpc) is 2.31. The van der Waals surface area contributed by atoms with Crippen molar-refractivity contribution in [1.29, 1.82) is 0 Å². The van der Waals surface area contributed by atoms with Crippen LogP contribution in [0.3, 0.4) is 0 Å². The summed E-state index contributed by atoms with van der Waals surface area (Å²) < 4.78 is 50.8. The second-order valence-corrected chi connectivity index (χ2v) is 4.25. The lowest BCUT2D eigenvalue weighted by Crippen LogP contribution is -2.11. The van der Waals surface area contributed by atoms with Crippen LogP contribution in [-0.2, 0) is 6.18 Å². The summed E-state index contributed by atoms with van der Waals surface area (Å²) in [7, 11) is 0. The van der Waals surface area contributed by atoms with Gasteiger partial charge in [-0.25, -0.2) is 14.4 Å². The molecule has 0 aliphatic rings. The zero-order chi connectivity index (χ0) is 14.2. The van der Waals surface area contributed by atoms with Crippen molar-refractivity contribution in [1.82, 2.24) is 9.97 Å². The molecule has 0 atom stereocenters. The van der Waals surface area contributed by atoms with Crippen LogP contribution >= 0.6 is 11.6 Å². The van der Waals surface area contributed by atoms with E-state index >= 15 is 0 Å². The highest BCUT2D eigenvalue weighted by atomic mass is 35.5. The van der Waals surface area contributed by atoms with Crippen molar-refractivity contribution >= 4 is 11.6 Å². The minimum absolute atomic E-state index is 0.00424. The number of rotatable bonds is 1. The first kappa shape index (κ1) is 13.7. The van der Waals surface area contributed by atoms with Crippen molar-refractivity contribution in [2.45, 2.75) is 13.1 Å². The van der Waals surface area contributed by atoms with E-state index in [0.29, 0.717) is 11.1 Å². The monoisotopic (exact) mass is 290 g/mol. The molecule has 2 nitrogen and oxygen atoms in total. The highest BCUT2D eigenvalue weighted by Gasteiger charge is 2.35. The molecule has 2 aromatic rings. The van der Waals surface area contributed by atoms with E-state index in [9.17, 15) is 17.6 Å². The van der Waals surface area contributed by atoms with Crippen molar-refractivity contribution in [2.75, 3.05) is 0 Å². The molecule has 0 aliphatic carbocycles. The molecule has 0 saturated carbocycles. The van der Waals surface area contributed by atoms with Gasteiger partial charge in [-0.15, -0.1) is 0 Å². The Morgan fingerprint density at radius 2 is 1.79 bits per heavy atom. The molecule has 0 radical (unpaired) electrons. The van der Waals surface area contributed by atoms with Crippen molar-refractivity contribution in [3.8, 4) is 11.3 Å². The zero-order valence-corrected chi connectivity index (χ0v) is 10.3. The summed E-state index contributed by atoms with van der Waals surface area (Å²) in [5.74, 6) is -1.77. The number of aryl methyl sites for hydroxylation is 1. The normalized spacial score (nSPS) is 11.7. The van der Waals surface area contributed by atoms with Crippen LogP contribution in [0.4, 0.5) is 17.6 Å². The molecule has 0 spiro atoms. The number of halogens is 5. The molecule has 0 bridgehead atoms. The van der Waals surface area contributed by atoms with Crippen molar-refractivity contribution in [3.63, 3.8) is 0 Å². The number of hydrogen-bond donors (Lipinski definition) is 0. The quantitative estimate of drug-likeness (QED) is 0.579. The molecule has 100 valence electrons. The largest absolute Gasteiger partial charge is 0.451 e. The molecule has 0 amide bonds. The molecule has 2 rings (SSSR count). The lowest BCUT2D eigenvalue weighted by Gasteiger charge is -2.08. The Morgan fingerprint density at radius 1 is 1.11 bits per heavy atom. The summed E-state index contributed by atoms with van der Waals surface area (Å²) in [6.07, 6.45) is -4.69. The molecule has 0 unspecified atom stereocenters. The summed E-state index contributed by atoms with van der Waals surface area (Å²) in [6, 6.07) is 5.09. The molecule has 1 heterocycles. The van der Waals surface area contributed by atoms with Crippen LogP contribution in [0, 0.1) is 12.7 Å². The van der Waals surface area contributed by atoms with Gasteiger partial charge in [0.2, 0.25) is 5.82 Å². The first-order valence-electron chi connectivity index (χ1n) is 5.15. The fourth-order valence-corrected chi connectivity index (χ4v) is 1.68. The van der Waals surface area contributed by atoms with Crippen LogP contribution in [-0.4, -0.2) is 9.97 Å². The Morgan fingerprint density at radius 3 is 2.37 bits per heavy atom. The van der Waals surface area contributed by atoms with Gasteiger partial charge < -0.3 is 0 Å². The van der Waals surface area contributed by atoms with Crippen molar-refractivity contribution in [3.05, 3.63) is 46.6 Å². The predicted molar refractivity (Wildman–Crippen MR) is 62.2 cm³/mol. The SMILES string of the molecule is Cc1cc(-c2cc(Cl)nc(C(F)(F)F)n2)ccc1F. The highest BCUT2D eigenvalue weighted by molar-refractivity contribution is 6.29. The lowest BCUT2D eigenvalue weighted by molar-refractivity contribution is -0.144. The maximum Gasteiger partial charge on any atom is 0.451 e. The third-order valence-electron chi connectivity index (χ3n) is 2.40. The van der Waals surface area contributed by atoms with Gasteiger partial charge in [0.1, 0.15) is 11.0 Å². The Balaban J connectivity index is 2.56. The van der Waals surface area contributed by atoms with Gasteiger partial charge in [-0.1, -0.05) is 11.6 Å². The van der Waals surface area contributed by atoms with Gasteiger partial charge >= 0.3 is 6.18 Å². The minimum Gasteiger partial charge on any atom is -0.224 e. The van der Waals surface area contributed by atoms with E-state index in [2.05, 4.69) is 9.97 Å². The minimum atomic E-state index is -4.69. The van der Waals surface area contributed by atoms with E-state index in [-0.39, 0.29) is 10.8 Å². The third-order valence-corrected chi connectivity index (χ3v) is 2.60. The van der Waals surface area contributed by atoms with Crippen molar-refractivity contribution in [2.24, 2.45) is 0 Å². The number of hydrogen-bond acceptors (Lipinski definition) is 2. The average molecular weight is 291 g/mol. The molecule has 0 N–H and O–H groups in total. The van der Waals surface area contributed by atoms with Crippen LogP contribution in [0.25, 0.3) is 11.3 Å². The number of alkyl halides is 3. The second-order valence-electron chi connectivity index (χ2n) is 3.86. The molecule has 1 aromatic carbocycles. The first-order chi connectivity index (χ1) is 8.77. The molecule has 19 heavy (non-hydrogen) atoms. The van der Waals surface area contributed by atoms with Gasteiger partial charge in [-0.05, 0) is 30.7 Å². The van der Waals surface area contributed by atoms with Crippen LogP contribution in [0.1, 0.15) is 11.4 Å². The summed E-state index contributed by atoms with van der Waals surface area (Å²) in [4.78, 5) is 6.53. The maximum absolute atomic E-state index is 13.1.